The summed E-state index contributed by atoms with van der Waals surface area (Å²) in [5.41, 5.74) is 2.78. The summed E-state index contributed by atoms with van der Waals surface area (Å²) in [6, 6.07) is 17.1. The molecule has 3 aromatic rings. The molecule has 8 heteroatoms. The number of rotatable bonds is 8. The van der Waals surface area contributed by atoms with Crippen molar-refractivity contribution in [3.05, 3.63) is 81.3 Å². The van der Waals surface area contributed by atoms with E-state index in [-0.39, 0.29) is 16.4 Å². The molecule has 0 bridgehead atoms. The van der Waals surface area contributed by atoms with Gasteiger partial charge in [0.05, 0.1) is 16.8 Å². The van der Waals surface area contributed by atoms with E-state index in [1.54, 1.807) is 25.3 Å². The molecule has 0 unspecified atom stereocenters. The van der Waals surface area contributed by atoms with Crippen molar-refractivity contribution in [2.75, 3.05) is 6.61 Å². The van der Waals surface area contributed by atoms with Gasteiger partial charge in [-0.15, -0.1) is 0 Å². The van der Waals surface area contributed by atoms with E-state index < -0.39 is 10.1 Å². The summed E-state index contributed by atoms with van der Waals surface area (Å²) >= 11 is 9.24. The van der Waals surface area contributed by atoms with Crippen molar-refractivity contribution >= 4 is 49.6 Å². The van der Waals surface area contributed by atoms with Gasteiger partial charge < -0.3 is 8.92 Å². The van der Waals surface area contributed by atoms with Crippen LogP contribution in [0.4, 0.5) is 5.69 Å². The van der Waals surface area contributed by atoms with Crippen LogP contribution in [-0.2, 0) is 16.5 Å². The van der Waals surface area contributed by atoms with Gasteiger partial charge in [0.1, 0.15) is 4.90 Å². The van der Waals surface area contributed by atoms with E-state index >= 15 is 0 Å². The summed E-state index contributed by atoms with van der Waals surface area (Å²) < 4.78 is 36.9. The number of benzene rings is 3. The van der Waals surface area contributed by atoms with Crippen LogP contribution >= 0.6 is 27.5 Å². The minimum atomic E-state index is -4.07. The fourth-order valence-electron chi connectivity index (χ4n) is 2.73. The third-order valence-electron chi connectivity index (χ3n) is 4.33. The molecule has 0 aliphatic heterocycles. The highest BCUT2D eigenvalue weighted by molar-refractivity contribution is 9.10. The van der Waals surface area contributed by atoms with Crippen LogP contribution in [0, 0.1) is 0 Å². The molecule has 162 valence electrons. The lowest BCUT2D eigenvalue weighted by Crippen LogP contribution is -2.11. The monoisotopic (exact) mass is 521 g/mol. The molecule has 0 heterocycles. The molecule has 31 heavy (non-hydrogen) atoms. The van der Waals surface area contributed by atoms with Gasteiger partial charge in [-0.05, 0) is 88.9 Å². The summed E-state index contributed by atoms with van der Waals surface area (Å²) in [5.74, 6) is 0.360. The smallest absolute Gasteiger partial charge is 0.339 e. The van der Waals surface area contributed by atoms with Gasteiger partial charge in [0, 0.05) is 11.2 Å². The van der Waals surface area contributed by atoms with Gasteiger partial charge in [0.2, 0.25) is 0 Å². The van der Waals surface area contributed by atoms with E-state index in [1.807, 2.05) is 24.3 Å². The normalized spacial score (nSPS) is 11.6. The zero-order valence-electron chi connectivity index (χ0n) is 17.0. The van der Waals surface area contributed by atoms with Crippen LogP contribution in [0.25, 0.3) is 0 Å². The number of hydrogen-bond donors (Lipinski definition) is 0. The molecule has 5 nitrogen and oxygen atoms in total. The molecule has 0 spiro atoms. The Labute approximate surface area is 195 Å². The Morgan fingerprint density at radius 3 is 2.32 bits per heavy atom. The average molecular weight is 523 g/mol. The second kappa shape index (κ2) is 10.3. The fraction of sp³-hybridized carbons (Fsp3) is 0.174. The lowest BCUT2D eigenvalue weighted by atomic mass is 10.1. The highest BCUT2D eigenvalue weighted by Crippen LogP contribution is 2.38. The van der Waals surface area contributed by atoms with Crippen molar-refractivity contribution in [3.63, 3.8) is 0 Å². The predicted molar refractivity (Wildman–Crippen MR) is 128 cm³/mol. The van der Waals surface area contributed by atoms with Crippen molar-refractivity contribution in [1.82, 2.24) is 0 Å². The van der Waals surface area contributed by atoms with E-state index in [1.165, 1.54) is 29.8 Å². The first-order valence-electron chi connectivity index (χ1n) is 9.61. The van der Waals surface area contributed by atoms with E-state index in [9.17, 15) is 8.42 Å². The van der Waals surface area contributed by atoms with Crippen LogP contribution in [0.3, 0.4) is 0 Å². The number of aliphatic imine (C=N–C) groups is 1. The lowest BCUT2D eigenvalue weighted by Gasteiger charge is -2.14. The summed E-state index contributed by atoms with van der Waals surface area (Å²) in [5, 5.41) is 0.433. The largest absolute Gasteiger partial charge is 0.490 e. The summed E-state index contributed by atoms with van der Waals surface area (Å²) in [6.07, 6.45) is 2.65. The predicted octanol–water partition coefficient (Wildman–Crippen LogP) is 6.58. The van der Waals surface area contributed by atoms with Crippen LogP contribution in [0.5, 0.6) is 11.5 Å². The van der Waals surface area contributed by atoms with Gasteiger partial charge in [0.25, 0.3) is 0 Å². The van der Waals surface area contributed by atoms with E-state index in [0.717, 1.165) is 17.7 Å². The SMILES string of the molecule is CCOc1cc(C=Nc2ccc(CC)cc2)cc(Br)c1OS(=O)(=O)c1ccc(Cl)cc1. The molecule has 0 amide bonds. The third-order valence-corrected chi connectivity index (χ3v) is 6.41. The average Bonchev–Trinajstić information content (AvgIpc) is 2.75. The number of hydrogen-bond acceptors (Lipinski definition) is 5. The number of ether oxygens (including phenoxy) is 1. The van der Waals surface area contributed by atoms with Crippen LogP contribution in [0.15, 0.2) is 75.0 Å². The van der Waals surface area contributed by atoms with Crippen LogP contribution in [0.1, 0.15) is 25.0 Å². The van der Waals surface area contributed by atoms with Gasteiger partial charge >= 0.3 is 10.1 Å². The summed E-state index contributed by atoms with van der Waals surface area (Å²) in [4.78, 5) is 4.47. The Balaban J connectivity index is 1.91. The molecule has 0 aliphatic carbocycles. The minimum Gasteiger partial charge on any atom is -0.490 e. The molecule has 0 saturated heterocycles. The molecule has 0 atom stereocenters. The molecule has 0 radical (unpaired) electrons. The third kappa shape index (κ3) is 6.09. The standard InChI is InChI=1S/C23H21BrClNO4S/c1-3-16-5-9-19(10-6-16)26-15-17-13-21(24)23(22(14-17)29-4-2)30-31(27,28)20-11-7-18(25)8-12-20/h5-15H,3-4H2,1-2H3. The Bertz CT molecular complexity index is 1180. The fourth-order valence-corrected chi connectivity index (χ4v) is 4.46. The quantitative estimate of drug-likeness (QED) is 0.247. The van der Waals surface area contributed by atoms with E-state index in [4.69, 9.17) is 20.5 Å². The molecule has 0 fully saturated rings. The summed E-state index contributed by atoms with van der Waals surface area (Å²) in [6.45, 7) is 4.24. The molecule has 0 aliphatic rings. The zero-order valence-corrected chi connectivity index (χ0v) is 20.2. The molecule has 0 aromatic heterocycles. The van der Waals surface area contributed by atoms with Gasteiger partial charge in [-0.2, -0.15) is 8.42 Å². The Kier molecular flexibility index (Phi) is 7.75. The molecule has 3 rings (SSSR count). The second-order valence-corrected chi connectivity index (χ2v) is 9.37. The zero-order chi connectivity index (χ0) is 22.4. The molecular formula is C23H21BrClNO4S. The highest BCUT2D eigenvalue weighted by atomic mass is 79.9. The minimum absolute atomic E-state index is 0.00702. The molecule has 3 aromatic carbocycles. The molecular weight excluding hydrogens is 502 g/mol. The molecule has 0 N–H and O–H groups in total. The maximum absolute atomic E-state index is 12.7. The maximum Gasteiger partial charge on any atom is 0.339 e. The van der Waals surface area contributed by atoms with E-state index in [0.29, 0.717) is 16.1 Å². The van der Waals surface area contributed by atoms with Crippen molar-refractivity contribution in [3.8, 4) is 11.5 Å². The first kappa shape index (κ1) is 23.3. The number of nitrogens with zero attached hydrogens (tertiary/aromatic N) is 1. The van der Waals surface area contributed by atoms with Crippen LogP contribution in [0.2, 0.25) is 5.02 Å². The van der Waals surface area contributed by atoms with Gasteiger partial charge in [0.15, 0.2) is 11.5 Å². The summed E-state index contributed by atoms with van der Waals surface area (Å²) in [7, 11) is -4.07. The van der Waals surface area contributed by atoms with Crippen LogP contribution < -0.4 is 8.92 Å². The highest BCUT2D eigenvalue weighted by Gasteiger charge is 2.22. The maximum atomic E-state index is 12.7. The topological polar surface area (TPSA) is 65.0 Å². The number of aryl methyl sites for hydroxylation is 1. The Morgan fingerprint density at radius 2 is 1.71 bits per heavy atom. The van der Waals surface area contributed by atoms with Gasteiger partial charge in [-0.3, -0.25) is 4.99 Å². The first-order chi connectivity index (χ1) is 14.8. The second-order valence-electron chi connectivity index (χ2n) is 6.53. The van der Waals surface area contributed by atoms with Crippen molar-refractivity contribution in [1.29, 1.82) is 0 Å². The van der Waals surface area contributed by atoms with Crippen molar-refractivity contribution in [2.24, 2.45) is 4.99 Å². The lowest BCUT2D eigenvalue weighted by molar-refractivity contribution is 0.327. The van der Waals surface area contributed by atoms with Crippen molar-refractivity contribution < 1.29 is 17.3 Å². The Morgan fingerprint density at radius 1 is 1.03 bits per heavy atom. The van der Waals surface area contributed by atoms with Gasteiger partial charge in [-0.25, -0.2) is 0 Å². The molecule has 0 saturated carbocycles. The van der Waals surface area contributed by atoms with Crippen LogP contribution in [-0.4, -0.2) is 21.2 Å². The van der Waals surface area contributed by atoms with Crippen molar-refractivity contribution in [2.45, 2.75) is 25.2 Å². The number of halogens is 2. The van der Waals surface area contributed by atoms with E-state index in [2.05, 4.69) is 27.8 Å². The van der Waals surface area contributed by atoms with Gasteiger partial charge in [-0.1, -0.05) is 30.7 Å². The Hall–Kier alpha value is -2.35. The first-order valence-corrected chi connectivity index (χ1v) is 12.2.